The van der Waals surface area contributed by atoms with E-state index >= 15 is 0 Å². The Bertz CT molecular complexity index is 489. The maximum absolute atomic E-state index is 11.6. The quantitative estimate of drug-likeness (QED) is 0.877. The number of benzene rings is 1. The van der Waals surface area contributed by atoms with Crippen LogP contribution in [0.15, 0.2) is 29.2 Å². The van der Waals surface area contributed by atoms with Gasteiger partial charge in [0.25, 0.3) is 0 Å². The lowest BCUT2D eigenvalue weighted by molar-refractivity contribution is 0.598. The van der Waals surface area contributed by atoms with E-state index in [-0.39, 0.29) is 0 Å². The van der Waals surface area contributed by atoms with Crippen molar-refractivity contribution in [2.75, 3.05) is 18.1 Å². The van der Waals surface area contributed by atoms with Gasteiger partial charge in [-0.25, -0.2) is 8.42 Å². The number of sulfone groups is 1. The second-order valence-electron chi connectivity index (χ2n) is 4.93. The third-order valence-corrected chi connectivity index (χ3v) is 4.25. The molecule has 0 radical (unpaired) electrons. The van der Waals surface area contributed by atoms with Crippen molar-refractivity contribution >= 4 is 15.5 Å². The van der Waals surface area contributed by atoms with E-state index in [4.69, 9.17) is 0 Å². The lowest BCUT2D eigenvalue weighted by Gasteiger charge is -2.14. The van der Waals surface area contributed by atoms with Crippen molar-refractivity contribution in [3.8, 4) is 0 Å². The van der Waals surface area contributed by atoms with Crippen molar-refractivity contribution in [1.29, 1.82) is 0 Å². The van der Waals surface area contributed by atoms with Gasteiger partial charge in [0.05, 0.1) is 10.6 Å². The van der Waals surface area contributed by atoms with Gasteiger partial charge < -0.3 is 5.32 Å². The highest BCUT2D eigenvalue weighted by Crippen LogP contribution is 2.44. The summed E-state index contributed by atoms with van der Waals surface area (Å²) in [6.45, 7) is 3.06. The van der Waals surface area contributed by atoms with E-state index in [2.05, 4.69) is 12.2 Å². The zero-order chi connectivity index (χ0) is 11.8. The van der Waals surface area contributed by atoms with Crippen LogP contribution in [0.2, 0.25) is 0 Å². The minimum atomic E-state index is -3.14. The fourth-order valence-electron chi connectivity index (χ4n) is 1.63. The highest BCUT2D eigenvalue weighted by Gasteiger charge is 2.36. The van der Waals surface area contributed by atoms with E-state index in [0.29, 0.717) is 10.3 Å². The molecular weight excluding hydrogens is 222 g/mol. The molecule has 2 rings (SSSR count). The van der Waals surface area contributed by atoms with Crippen LogP contribution in [-0.2, 0) is 9.84 Å². The molecule has 0 saturated heterocycles. The summed E-state index contributed by atoms with van der Waals surface area (Å²) in [7, 11) is -3.14. The number of hydrogen-bond acceptors (Lipinski definition) is 3. The van der Waals surface area contributed by atoms with Crippen LogP contribution >= 0.6 is 0 Å². The summed E-state index contributed by atoms with van der Waals surface area (Å²) in [5.74, 6) is 0. The molecular formula is C12H17NO2S. The van der Waals surface area contributed by atoms with Crippen LogP contribution in [0.4, 0.5) is 5.69 Å². The molecule has 0 amide bonds. The van der Waals surface area contributed by atoms with Gasteiger partial charge in [-0.1, -0.05) is 19.1 Å². The number of hydrogen-bond donors (Lipinski definition) is 1. The highest BCUT2D eigenvalue weighted by molar-refractivity contribution is 7.90. The molecule has 1 aliphatic rings. The van der Waals surface area contributed by atoms with Crippen molar-refractivity contribution < 1.29 is 8.42 Å². The molecule has 1 aliphatic carbocycles. The smallest absolute Gasteiger partial charge is 0.177 e. The van der Waals surface area contributed by atoms with Crippen LogP contribution in [0.5, 0.6) is 0 Å². The molecule has 1 aromatic carbocycles. The monoisotopic (exact) mass is 239 g/mol. The molecule has 0 unspecified atom stereocenters. The minimum Gasteiger partial charge on any atom is -0.383 e. The van der Waals surface area contributed by atoms with Crippen molar-refractivity contribution in [2.24, 2.45) is 5.41 Å². The molecule has 16 heavy (non-hydrogen) atoms. The van der Waals surface area contributed by atoms with E-state index in [1.54, 1.807) is 12.1 Å². The molecule has 1 fully saturated rings. The summed E-state index contributed by atoms with van der Waals surface area (Å²) in [6, 6.07) is 7.07. The molecule has 1 saturated carbocycles. The van der Waals surface area contributed by atoms with Crippen molar-refractivity contribution in [3.63, 3.8) is 0 Å². The lowest BCUT2D eigenvalue weighted by atomic mass is 10.1. The maximum atomic E-state index is 11.6. The van der Waals surface area contributed by atoms with E-state index in [0.717, 1.165) is 12.2 Å². The molecule has 88 valence electrons. The number of nitrogens with one attached hydrogen (secondary N) is 1. The third-order valence-electron chi connectivity index (χ3n) is 3.10. The summed E-state index contributed by atoms with van der Waals surface area (Å²) < 4.78 is 23.1. The molecule has 0 spiro atoms. The lowest BCUT2D eigenvalue weighted by Crippen LogP contribution is -2.14. The normalized spacial score (nSPS) is 18.1. The van der Waals surface area contributed by atoms with Gasteiger partial charge in [-0.3, -0.25) is 0 Å². The largest absolute Gasteiger partial charge is 0.383 e. The molecule has 0 atom stereocenters. The zero-order valence-corrected chi connectivity index (χ0v) is 10.5. The van der Waals surface area contributed by atoms with Gasteiger partial charge in [0, 0.05) is 12.8 Å². The highest BCUT2D eigenvalue weighted by atomic mass is 32.2. The van der Waals surface area contributed by atoms with Crippen molar-refractivity contribution in [2.45, 2.75) is 24.7 Å². The zero-order valence-electron chi connectivity index (χ0n) is 9.66. The maximum Gasteiger partial charge on any atom is 0.177 e. The Balaban J connectivity index is 2.20. The fraction of sp³-hybridized carbons (Fsp3) is 0.500. The topological polar surface area (TPSA) is 46.2 Å². The van der Waals surface area contributed by atoms with Gasteiger partial charge >= 0.3 is 0 Å². The van der Waals surface area contributed by atoms with Gasteiger partial charge in [-0.15, -0.1) is 0 Å². The first kappa shape index (κ1) is 11.5. The first-order chi connectivity index (χ1) is 7.41. The van der Waals surface area contributed by atoms with Crippen LogP contribution in [0.3, 0.4) is 0 Å². The predicted molar refractivity (Wildman–Crippen MR) is 65.4 cm³/mol. The fourth-order valence-corrected chi connectivity index (χ4v) is 2.50. The Kier molecular flexibility index (Phi) is 2.70. The van der Waals surface area contributed by atoms with E-state index in [1.807, 2.05) is 12.1 Å². The second kappa shape index (κ2) is 3.77. The van der Waals surface area contributed by atoms with Gasteiger partial charge in [0.15, 0.2) is 9.84 Å². The first-order valence-corrected chi connectivity index (χ1v) is 7.33. The Morgan fingerprint density at radius 3 is 2.50 bits per heavy atom. The molecule has 0 heterocycles. The minimum absolute atomic E-state index is 0.366. The van der Waals surface area contributed by atoms with Gasteiger partial charge in [-0.05, 0) is 30.4 Å². The molecule has 0 bridgehead atoms. The van der Waals surface area contributed by atoms with Gasteiger partial charge in [0.2, 0.25) is 0 Å². The Hall–Kier alpha value is -1.03. The molecule has 0 aromatic heterocycles. The number of anilines is 1. The summed E-state index contributed by atoms with van der Waals surface area (Å²) in [6.07, 6.45) is 3.69. The molecule has 3 nitrogen and oxygen atoms in total. The van der Waals surface area contributed by atoms with Crippen LogP contribution in [0.1, 0.15) is 19.8 Å². The molecule has 1 N–H and O–H groups in total. The van der Waals surface area contributed by atoms with Crippen molar-refractivity contribution in [3.05, 3.63) is 24.3 Å². The summed E-state index contributed by atoms with van der Waals surface area (Å²) in [5.41, 5.74) is 1.09. The predicted octanol–water partition coefficient (Wildman–Crippen LogP) is 2.30. The van der Waals surface area contributed by atoms with E-state index < -0.39 is 9.84 Å². The number of para-hydroxylation sites is 1. The molecule has 0 aliphatic heterocycles. The SMILES string of the molecule is CC1(CNc2ccccc2S(C)(=O)=O)CC1. The average Bonchev–Trinajstić information content (AvgIpc) is 2.94. The standard InChI is InChI=1S/C12H17NO2S/c1-12(7-8-12)9-13-10-5-3-4-6-11(10)16(2,14)15/h3-6,13H,7-9H2,1-2H3. The second-order valence-corrected chi connectivity index (χ2v) is 6.92. The van der Waals surface area contributed by atoms with Crippen molar-refractivity contribution in [1.82, 2.24) is 0 Å². The van der Waals surface area contributed by atoms with E-state index in [9.17, 15) is 8.42 Å². The van der Waals surface area contributed by atoms with Gasteiger partial charge in [-0.2, -0.15) is 0 Å². The average molecular weight is 239 g/mol. The summed E-state index contributed by atoms with van der Waals surface area (Å²) in [5, 5.41) is 3.24. The molecule has 1 aromatic rings. The Morgan fingerprint density at radius 2 is 1.94 bits per heavy atom. The molecule has 4 heteroatoms. The first-order valence-electron chi connectivity index (χ1n) is 5.44. The van der Waals surface area contributed by atoms with Crippen LogP contribution in [0, 0.1) is 5.41 Å². The van der Waals surface area contributed by atoms with Gasteiger partial charge in [0.1, 0.15) is 0 Å². The van der Waals surface area contributed by atoms with Crippen LogP contribution in [-0.4, -0.2) is 21.2 Å². The summed E-state index contributed by atoms with van der Waals surface area (Å²) in [4.78, 5) is 0.388. The third kappa shape index (κ3) is 2.55. The Labute approximate surface area is 96.8 Å². The van der Waals surface area contributed by atoms with Crippen LogP contribution < -0.4 is 5.32 Å². The number of rotatable bonds is 4. The van der Waals surface area contributed by atoms with Crippen LogP contribution in [0.25, 0.3) is 0 Å². The van der Waals surface area contributed by atoms with E-state index in [1.165, 1.54) is 19.1 Å². The Morgan fingerprint density at radius 1 is 1.31 bits per heavy atom. The summed E-state index contributed by atoms with van der Waals surface area (Å²) >= 11 is 0.